The molecule has 1 saturated heterocycles. The molecule has 3 aromatic rings. The quantitative estimate of drug-likeness (QED) is 0.222. The van der Waals surface area contributed by atoms with Crippen LogP contribution in [0.2, 0.25) is 5.02 Å². The molecule has 3 heterocycles. The minimum atomic E-state index is -0.848. The zero-order chi connectivity index (χ0) is 29.6. The molecule has 218 valence electrons. The van der Waals surface area contributed by atoms with Crippen molar-refractivity contribution in [1.29, 1.82) is 0 Å². The maximum Gasteiger partial charge on any atom is 0.350 e. The summed E-state index contributed by atoms with van der Waals surface area (Å²) in [6.45, 7) is 10.5. The molecule has 0 aliphatic carbocycles. The first-order chi connectivity index (χ1) is 19.5. The summed E-state index contributed by atoms with van der Waals surface area (Å²) in [5.41, 5.74) is 1.51. The second-order valence-corrected chi connectivity index (χ2v) is 11.9. The Morgan fingerprint density at radius 2 is 1.90 bits per heavy atom. The molecule has 12 heteroatoms. The van der Waals surface area contributed by atoms with E-state index in [-0.39, 0.29) is 48.0 Å². The number of benzene rings is 2. The molecule has 0 bridgehead atoms. The molecule has 2 aliphatic rings. The number of hydrogen-bond acceptors (Lipinski definition) is 7. The van der Waals surface area contributed by atoms with Gasteiger partial charge in [0.05, 0.1) is 23.2 Å². The highest BCUT2D eigenvalue weighted by molar-refractivity contribution is 7.99. The van der Waals surface area contributed by atoms with Crippen LogP contribution in [0.4, 0.5) is 14.6 Å². The van der Waals surface area contributed by atoms with E-state index in [9.17, 15) is 14.0 Å². The Kier molecular flexibility index (Phi) is 8.43. The predicted octanol–water partition coefficient (Wildman–Crippen LogP) is 5.01. The topological polar surface area (TPSA) is 76.9 Å². The predicted molar refractivity (Wildman–Crippen MR) is 157 cm³/mol. The first-order valence-electron chi connectivity index (χ1n) is 13.2. The van der Waals surface area contributed by atoms with Crippen molar-refractivity contribution in [3.8, 4) is 11.1 Å². The van der Waals surface area contributed by atoms with E-state index in [0.717, 1.165) is 11.5 Å². The zero-order valence-corrected chi connectivity index (χ0v) is 24.8. The summed E-state index contributed by atoms with van der Waals surface area (Å²) < 4.78 is 41.9. The smallest absolute Gasteiger partial charge is 0.350 e. The van der Waals surface area contributed by atoms with Gasteiger partial charge < -0.3 is 19.3 Å². The number of aryl methyl sites for hydroxylation is 1. The number of ether oxygens (including phenoxy) is 2. The normalized spacial score (nSPS) is 20.8. The molecule has 3 atom stereocenters. The zero-order valence-electron chi connectivity index (χ0n) is 23.2. The Morgan fingerprint density at radius 1 is 1.20 bits per heavy atom. The Balaban J connectivity index is 1.74. The molecule has 41 heavy (non-hydrogen) atoms. The van der Waals surface area contributed by atoms with Gasteiger partial charge in [0.2, 0.25) is 5.91 Å². The maximum atomic E-state index is 15.3. The highest BCUT2D eigenvalue weighted by Crippen LogP contribution is 2.45. The van der Waals surface area contributed by atoms with Crippen LogP contribution < -0.4 is 10.6 Å². The van der Waals surface area contributed by atoms with Gasteiger partial charge in [-0.15, -0.1) is 11.8 Å². The van der Waals surface area contributed by atoms with E-state index in [0.29, 0.717) is 46.2 Å². The van der Waals surface area contributed by atoms with Crippen molar-refractivity contribution in [2.45, 2.75) is 50.4 Å². The summed E-state index contributed by atoms with van der Waals surface area (Å²) in [4.78, 5) is 35.2. The molecule has 0 saturated carbocycles. The standard InChI is InChI=1S/C29H31ClF2N4O4S/c1-6-24(37)36-16(3)10-34(11-17(36)4)28-20-7-15(2)25(19-8-21(30)23(32)9-22(19)31)27-26(20)35(29(38)33-28)12-18(13-41-27)40-14-39-5/h6-9,16-18H,1,10-14H2,2-5H3/t16-,17+,18-/m1/s1. The van der Waals surface area contributed by atoms with Crippen LogP contribution >= 0.6 is 23.4 Å². The third kappa shape index (κ3) is 5.36. The molecule has 0 N–H and O–H groups in total. The van der Waals surface area contributed by atoms with Crippen molar-refractivity contribution < 1.29 is 23.0 Å². The molecule has 2 aliphatic heterocycles. The van der Waals surface area contributed by atoms with E-state index in [1.807, 2.05) is 31.7 Å². The molecule has 0 unspecified atom stereocenters. The largest absolute Gasteiger partial charge is 0.359 e. The van der Waals surface area contributed by atoms with Crippen LogP contribution in [0.15, 0.2) is 40.5 Å². The number of aromatic nitrogens is 2. The third-order valence-corrected chi connectivity index (χ3v) is 9.06. The number of carbonyl (C=O) groups is 1. The highest BCUT2D eigenvalue weighted by Gasteiger charge is 2.35. The van der Waals surface area contributed by atoms with Crippen LogP contribution in [0, 0.1) is 18.6 Å². The van der Waals surface area contributed by atoms with Gasteiger partial charge in [-0.05, 0) is 44.5 Å². The van der Waals surface area contributed by atoms with Crippen molar-refractivity contribution in [1.82, 2.24) is 14.5 Å². The Hall–Kier alpha value is -2.99. The summed E-state index contributed by atoms with van der Waals surface area (Å²) in [5.74, 6) is -0.797. The number of carbonyl (C=O) groups excluding carboxylic acids is 1. The summed E-state index contributed by atoms with van der Waals surface area (Å²) in [5, 5.41) is 0.521. The molecule has 2 aromatic carbocycles. The fourth-order valence-corrected chi connectivity index (χ4v) is 7.35. The second kappa shape index (κ2) is 11.7. The van der Waals surface area contributed by atoms with Crippen LogP contribution in [0.1, 0.15) is 19.4 Å². The SMILES string of the molecule is C=CC(=O)N1[C@H](C)CN(c2nc(=O)n3c4c(c(-c5cc(Cl)c(F)cc5F)c(C)cc24)SC[C@H](OCOC)C3)C[C@@H]1C. The van der Waals surface area contributed by atoms with Crippen LogP contribution in [-0.4, -0.2) is 71.3 Å². The van der Waals surface area contributed by atoms with E-state index in [1.54, 1.807) is 9.47 Å². The van der Waals surface area contributed by atoms with Crippen molar-refractivity contribution in [3.63, 3.8) is 0 Å². The number of piperazine rings is 1. The van der Waals surface area contributed by atoms with Gasteiger partial charge in [-0.2, -0.15) is 4.98 Å². The van der Waals surface area contributed by atoms with E-state index < -0.39 is 17.3 Å². The summed E-state index contributed by atoms with van der Waals surface area (Å²) in [6.07, 6.45) is 0.925. The molecule has 1 amide bonds. The molecular weight excluding hydrogens is 574 g/mol. The maximum absolute atomic E-state index is 15.3. The lowest BCUT2D eigenvalue weighted by Crippen LogP contribution is -2.58. The number of halogens is 3. The van der Waals surface area contributed by atoms with Gasteiger partial charge in [0.1, 0.15) is 24.2 Å². The molecule has 8 nitrogen and oxygen atoms in total. The monoisotopic (exact) mass is 604 g/mol. The van der Waals surface area contributed by atoms with Crippen molar-refractivity contribution in [2.24, 2.45) is 0 Å². The van der Waals surface area contributed by atoms with Gasteiger partial charge in [0.15, 0.2) is 0 Å². The summed E-state index contributed by atoms with van der Waals surface area (Å²) in [6, 6.07) is 3.63. The minimum Gasteiger partial charge on any atom is -0.359 e. The van der Waals surface area contributed by atoms with E-state index in [2.05, 4.69) is 11.6 Å². The van der Waals surface area contributed by atoms with Crippen LogP contribution in [0.5, 0.6) is 0 Å². The number of thioether (sulfide) groups is 1. The number of rotatable bonds is 6. The molecule has 5 rings (SSSR count). The van der Waals surface area contributed by atoms with E-state index in [4.69, 9.17) is 21.1 Å². The average molecular weight is 605 g/mol. The number of nitrogens with zero attached hydrogens (tertiary/aromatic N) is 4. The lowest BCUT2D eigenvalue weighted by molar-refractivity contribution is -0.130. The molecule has 0 spiro atoms. The van der Waals surface area contributed by atoms with Gasteiger partial charge in [-0.1, -0.05) is 18.2 Å². The number of hydrogen-bond donors (Lipinski definition) is 0. The highest BCUT2D eigenvalue weighted by atomic mass is 35.5. The fraction of sp³-hybridized carbons (Fsp3) is 0.414. The molecular formula is C29H31ClF2N4O4S. The van der Waals surface area contributed by atoms with Gasteiger partial charge in [-0.3, -0.25) is 9.36 Å². The van der Waals surface area contributed by atoms with Gasteiger partial charge >= 0.3 is 5.69 Å². The number of amides is 1. The second-order valence-electron chi connectivity index (χ2n) is 10.4. The Bertz CT molecular complexity index is 1590. The lowest BCUT2D eigenvalue weighted by Gasteiger charge is -2.44. The van der Waals surface area contributed by atoms with Crippen LogP contribution in [-0.2, 0) is 20.8 Å². The average Bonchev–Trinajstić information content (AvgIpc) is 3.12. The Labute approximate surface area is 245 Å². The minimum absolute atomic E-state index is 0.0442. The van der Waals surface area contributed by atoms with E-state index >= 15 is 4.39 Å². The molecule has 1 fully saturated rings. The lowest BCUT2D eigenvalue weighted by atomic mass is 9.97. The van der Waals surface area contributed by atoms with Gasteiger partial charge in [0.25, 0.3) is 0 Å². The first kappa shape index (κ1) is 29.5. The first-order valence-corrected chi connectivity index (χ1v) is 14.6. The molecule has 1 aromatic heterocycles. The van der Waals surface area contributed by atoms with Crippen molar-refractivity contribution >= 4 is 46.0 Å². The number of anilines is 1. The fourth-order valence-electron chi connectivity index (χ4n) is 5.86. The van der Waals surface area contributed by atoms with Crippen LogP contribution in [0.25, 0.3) is 22.0 Å². The summed E-state index contributed by atoms with van der Waals surface area (Å²) >= 11 is 7.53. The summed E-state index contributed by atoms with van der Waals surface area (Å²) in [7, 11) is 1.52. The molecule has 0 radical (unpaired) electrons. The van der Waals surface area contributed by atoms with E-state index in [1.165, 1.54) is 31.0 Å². The van der Waals surface area contributed by atoms with Crippen LogP contribution in [0.3, 0.4) is 0 Å². The Morgan fingerprint density at radius 3 is 2.56 bits per heavy atom. The third-order valence-electron chi connectivity index (χ3n) is 7.54. The van der Waals surface area contributed by atoms with Gasteiger partial charge in [-0.25, -0.2) is 13.6 Å². The van der Waals surface area contributed by atoms with Crippen molar-refractivity contribution in [2.75, 3.05) is 37.6 Å². The van der Waals surface area contributed by atoms with Crippen molar-refractivity contribution in [3.05, 3.63) is 63.6 Å². The number of methoxy groups -OCH3 is 1. The van der Waals surface area contributed by atoms with Gasteiger partial charge in [0, 0.05) is 65.5 Å².